The number of hydrogen-bond acceptors (Lipinski definition) is 6. The van der Waals surface area contributed by atoms with Crippen molar-refractivity contribution in [3.8, 4) is 17.2 Å². The van der Waals surface area contributed by atoms with Crippen LogP contribution in [0.4, 0.5) is 8.78 Å². The van der Waals surface area contributed by atoms with Gasteiger partial charge >= 0.3 is 6.43 Å². The topological polar surface area (TPSA) is 90.1 Å². The number of aromatic nitrogens is 3. The van der Waals surface area contributed by atoms with E-state index in [4.69, 9.17) is 9.15 Å². The van der Waals surface area contributed by atoms with Crippen molar-refractivity contribution in [2.75, 3.05) is 7.05 Å². The molecule has 1 aromatic carbocycles. The van der Waals surface area contributed by atoms with E-state index >= 15 is 0 Å². The van der Waals surface area contributed by atoms with Gasteiger partial charge in [0.25, 0.3) is 11.8 Å². The first-order valence-electron chi connectivity index (χ1n) is 7.58. The molecule has 134 valence electrons. The molecule has 0 aliphatic carbocycles. The summed E-state index contributed by atoms with van der Waals surface area (Å²) in [6, 6.07) is 10.0. The SMILES string of the molecule is CNC(=O)c1cccc(OCc2ccc(-c3nnc(C(F)F)o3)cn2)c1. The Morgan fingerprint density at radius 3 is 2.77 bits per heavy atom. The van der Waals surface area contributed by atoms with Crippen LogP contribution in [0.3, 0.4) is 0 Å². The van der Waals surface area contributed by atoms with E-state index in [2.05, 4.69) is 20.5 Å². The summed E-state index contributed by atoms with van der Waals surface area (Å²) in [5.41, 5.74) is 1.52. The third-order valence-electron chi connectivity index (χ3n) is 3.41. The van der Waals surface area contributed by atoms with E-state index in [0.29, 0.717) is 22.6 Å². The second-order valence-corrected chi connectivity index (χ2v) is 5.18. The Hall–Kier alpha value is -3.36. The summed E-state index contributed by atoms with van der Waals surface area (Å²) >= 11 is 0. The van der Waals surface area contributed by atoms with Gasteiger partial charge < -0.3 is 14.5 Å². The summed E-state index contributed by atoms with van der Waals surface area (Å²) in [5.74, 6) is -0.446. The minimum Gasteiger partial charge on any atom is -0.487 e. The number of alkyl halides is 2. The van der Waals surface area contributed by atoms with Crippen molar-refractivity contribution in [3.63, 3.8) is 0 Å². The molecule has 0 fully saturated rings. The number of rotatable bonds is 6. The van der Waals surface area contributed by atoms with E-state index in [1.54, 1.807) is 43.4 Å². The molecule has 7 nitrogen and oxygen atoms in total. The first-order valence-corrected chi connectivity index (χ1v) is 7.58. The number of nitrogens with zero attached hydrogens (tertiary/aromatic N) is 3. The molecule has 0 unspecified atom stereocenters. The van der Waals surface area contributed by atoms with Crippen molar-refractivity contribution in [3.05, 3.63) is 59.7 Å². The molecule has 9 heteroatoms. The Bertz CT molecular complexity index is 897. The van der Waals surface area contributed by atoms with Crippen LogP contribution in [-0.4, -0.2) is 28.1 Å². The summed E-state index contributed by atoms with van der Waals surface area (Å²) in [7, 11) is 1.55. The van der Waals surface area contributed by atoms with E-state index in [1.165, 1.54) is 6.20 Å². The summed E-state index contributed by atoms with van der Waals surface area (Å²) in [6.45, 7) is 0.170. The highest BCUT2D eigenvalue weighted by Crippen LogP contribution is 2.23. The molecule has 2 heterocycles. The maximum Gasteiger partial charge on any atom is 0.314 e. The summed E-state index contributed by atoms with van der Waals surface area (Å²) in [6.07, 6.45) is -1.38. The van der Waals surface area contributed by atoms with Crippen molar-refractivity contribution in [1.29, 1.82) is 0 Å². The Balaban J connectivity index is 1.65. The van der Waals surface area contributed by atoms with Crippen LogP contribution in [0.15, 0.2) is 47.0 Å². The van der Waals surface area contributed by atoms with Gasteiger partial charge in [-0.05, 0) is 30.3 Å². The Labute approximate surface area is 147 Å². The highest BCUT2D eigenvalue weighted by molar-refractivity contribution is 5.94. The molecule has 1 N–H and O–H groups in total. The van der Waals surface area contributed by atoms with Crippen molar-refractivity contribution < 1.29 is 22.7 Å². The minimum absolute atomic E-state index is 0.0291. The molecule has 0 spiro atoms. The number of carbonyl (C=O) groups is 1. The van der Waals surface area contributed by atoms with Gasteiger partial charge in [0.2, 0.25) is 5.89 Å². The monoisotopic (exact) mass is 360 g/mol. The predicted molar refractivity (Wildman–Crippen MR) is 86.7 cm³/mol. The first kappa shape index (κ1) is 17.5. The molecule has 0 bridgehead atoms. The fraction of sp³-hybridized carbons (Fsp3) is 0.176. The second kappa shape index (κ2) is 7.68. The Morgan fingerprint density at radius 1 is 1.27 bits per heavy atom. The third kappa shape index (κ3) is 4.00. The maximum atomic E-state index is 12.5. The van der Waals surface area contributed by atoms with E-state index in [-0.39, 0.29) is 18.4 Å². The van der Waals surface area contributed by atoms with Gasteiger partial charge in [-0.3, -0.25) is 9.78 Å². The van der Waals surface area contributed by atoms with Crippen LogP contribution in [0, 0.1) is 0 Å². The van der Waals surface area contributed by atoms with Crippen molar-refractivity contribution in [1.82, 2.24) is 20.5 Å². The lowest BCUT2D eigenvalue weighted by Crippen LogP contribution is -2.17. The van der Waals surface area contributed by atoms with Crippen LogP contribution in [0.25, 0.3) is 11.5 Å². The van der Waals surface area contributed by atoms with Crippen LogP contribution in [0.5, 0.6) is 5.75 Å². The molecular weight excluding hydrogens is 346 g/mol. The molecule has 26 heavy (non-hydrogen) atoms. The summed E-state index contributed by atoms with van der Waals surface area (Å²) in [5, 5.41) is 9.37. The second-order valence-electron chi connectivity index (χ2n) is 5.18. The number of amides is 1. The molecule has 3 aromatic rings. The van der Waals surface area contributed by atoms with Gasteiger partial charge in [-0.15, -0.1) is 10.2 Å². The number of hydrogen-bond donors (Lipinski definition) is 1. The molecule has 0 aliphatic rings. The fourth-order valence-corrected chi connectivity index (χ4v) is 2.10. The molecule has 3 rings (SSSR count). The van der Waals surface area contributed by atoms with Crippen molar-refractivity contribution in [2.45, 2.75) is 13.0 Å². The zero-order valence-corrected chi connectivity index (χ0v) is 13.6. The molecular formula is C17H14F2N4O3. The quantitative estimate of drug-likeness (QED) is 0.727. The smallest absolute Gasteiger partial charge is 0.314 e. The molecule has 1 amide bonds. The molecule has 0 aliphatic heterocycles. The Morgan fingerprint density at radius 2 is 2.12 bits per heavy atom. The van der Waals surface area contributed by atoms with E-state index in [9.17, 15) is 13.6 Å². The van der Waals surface area contributed by atoms with Gasteiger partial charge in [-0.2, -0.15) is 8.78 Å². The maximum absolute atomic E-state index is 12.5. The highest BCUT2D eigenvalue weighted by atomic mass is 19.3. The number of halogens is 2. The minimum atomic E-state index is -2.82. The first-order chi connectivity index (χ1) is 12.6. The molecule has 0 atom stereocenters. The number of carbonyl (C=O) groups excluding carboxylic acids is 1. The van der Waals surface area contributed by atoms with Gasteiger partial charge in [0.05, 0.1) is 11.3 Å². The number of benzene rings is 1. The van der Waals surface area contributed by atoms with Crippen molar-refractivity contribution in [2.24, 2.45) is 0 Å². The average molecular weight is 360 g/mol. The molecule has 0 saturated carbocycles. The molecule has 0 saturated heterocycles. The largest absolute Gasteiger partial charge is 0.487 e. The molecule has 2 aromatic heterocycles. The van der Waals surface area contributed by atoms with Gasteiger partial charge in [0.15, 0.2) is 0 Å². The third-order valence-corrected chi connectivity index (χ3v) is 3.41. The van der Waals surface area contributed by atoms with Crippen LogP contribution in [-0.2, 0) is 6.61 Å². The normalized spacial score (nSPS) is 10.8. The summed E-state index contributed by atoms with van der Waals surface area (Å²) in [4.78, 5) is 15.8. The van der Waals surface area contributed by atoms with Crippen LogP contribution < -0.4 is 10.1 Å². The standard InChI is InChI=1S/C17H14F2N4O3/c1-20-15(24)10-3-2-4-13(7-10)25-9-12-6-5-11(8-21-12)16-22-23-17(26-16)14(18)19/h2-8,14H,9H2,1H3,(H,20,24). The van der Waals surface area contributed by atoms with Crippen LogP contribution >= 0.6 is 0 Å². The zero-order valence-electron chi connectivity index (χ0n) is 13.6. The van der Waals surface area contributed by atoms with Gasteiger partial charge in [0.1, 0.15) is 12.4 Å². The molecule has 0 radical (unpaired) electrons. The van der Waals surface area contributed by atoms with E-state index < -0.39 is 12.3 Å². The number of pyridine rings is 1. The zero-order chi connectivity index (χ0) is 18.5. The van der Waals surface area contributed by atoms with Crippen molar-refractivity contribution >= 4 is 5.91 Å². The fourth-order valence-electron chi connectivity index (χ4n) is 2.10. The van der Waals surface area contributed by atoms with Gasteiger partial charge in [-0.1, -0.05) is 6.07 Å². The predicted octanol–water partition coefficient (Wildman–Crippen LogP) is 3.01. The highest BCUT2D eigenvalue weighted by Gasteiger charge is 2.17. The van der Waals surface area contributed by atoms with Crippen LogP contribution in [0.2, 0.25) is 0 Å². The van der Waals surface area contributed by atoms with E-state index in [0.717, 1.165) is 0 Å². The lowest BCUT2D eigenvalue weighted by atomic mass is 10.2. The lowest BCUT2D eigenvalue weighted by Gasteiger charge is -2.07. The number of ether oxygens (including phenoxy) is 1. The Kier molecular flexibility index (Phi) is 5.16. The van der Waals surface area contributed by atoms with Crippen LogP contribution in [0.1, 0.15) is 28.4 Å². The van der Waals surface area contributed by atoms with E-state index in [1.807, 2.05) is 0 Å². The lowest BCUT2D eigenvalue weighted by molar-refractivity contribution is 0.0962. The summed E-state index contributed by atoms with van der Waals surface area (Å²) < 4.78 is 35.4. The van der Waals surface area contributed by atoms with Gasteiger partial charge in [0, 0.05) is 18.8 Å². The number of nitrogens with one attached hydrogen (secondary N) is 1. The van der Waals surface area contributed by atoms with Gasteiger partial charge in [-0.25, -0.2) is 0 Å². The average Bonchev–Trinajstić information content (AvgIpc) is 3.17.